The highest BCUT2D eigenvalue weighted by atomic mass is 32.2. The summed E-state index contributed by atoms with van der Waals surface area (Å²) in [4.78, 5) is 12.6. The lowest BCUT2D eigenvalue weighted by atomic mass is 10.1. The number of aryl methyl sites for hydroxylation is 2. The van der Waals surface area contributed by atoms with Crippen molar-refractivity contribution < 1.29 is 9.18 Å². The van der Waals surface area contributed by atoms with Crippen LogP contribution in [-0.2, 0) is 12.3 Å². The Hall–Kier alpha value is -3.65. The van der Waals surface area contributed by atoms with Gasteiger partial charge in [0.25, 0.3) is 0 Å². The molecule has 4 aromatic rings. The minimum Gasteiger partial charge on any atom is -0.331 e. The van der Waals surface area contributed by atoms with E-state index >= 15 is 0 Å². The molecule has 2 amide bonds. The molecule has 0 aliphatic carbocycles. The third-order valence-electron chi connectivity index (χ3n) is 5.53. The van der Waals surface area contributed by atoms with Gasteiger partial charge in [-0.1, -0.05) is 53.7 Å². The van der Waals surface area contributed by atoms with Crippen molar-refractivity contribution in [3.63, 3.8) is 0 Å². The van der Waals surface area contributed by atoms with Crippen LogP contribution in [0.3, 0.4) is 0 Å². The van der Waals surface area contributed by atoms with Crippen molar-refractivity contribution in [1.29, 1.82) is 0 Å². The average molecular weight is 476 g/mol. The third kappa shape index (κ3) is 5.63. The van der Waals surface area contributed by atoms with Crippen molar-refractivity contribution >= 4 is 23.5 Å². The lowest BCUT2D eigenvalue weighted by Gasteiger charge is -2.13. The molecule has 8 heteroatoms. The van der Waals surface area contributed by atoms with Gasteiger partial charge in [-0.25, -0.2) is 9.18 Å². The molecule has 0 bridgehead atoms. The predicted octanol–water partition coefficient (Wildman–Crippen LogP) is 5.95. The summed E-state index contributed by atoms with van der Waals surface area (Å²) in [5.74, 6) is 0.968. The Labute approximate surface area is 202 Å². The Balaban J connectivity index is 1.51. The van der Waals surface area contributed by atoms with Crippen molar-refractivity contribution in [1.82, 2.24) is 20.1 Å². The fourth-order valence-electron chi connectivity index (χ4n) is 3.40. The van der Waals surface area contributed by atoms with E-state index in [0.29, 0.717) is 16.7 Å². The van der Waals surface area contributed by atoms with Gasteiger partial charge in [0.1, 0.15) is 5.82 Å². The number of aromatic nitrogens is 3. The van der Waals surface area contributed by atoms with Gasteiger partial charge in [-0.3, -0.25) is 4.57 Å². The van der Waals surface area contributed by atoms with Gasteiger partial charge in [-0.2, -0.15) is 0 Å². The quantitative estimate of drug-likeness (QED) is 0.324. The first-order valence-electron chi connectivity index (χ1n) is 10.9. The van der Waals surface area contributed by atoms with Gasteiger partial charge in [0, 0.05) is 17.1 Å². The molecule has 1 aromatic heterocycles. The fraction of sp³-hybridized carbons (Fsp3) is 0.192. The fourth-order valence-corrected chi connectivity index (χ4v) is 4.33. The van der Waals surface area contributed by atoms with Crippen LogP contribution in [0.25, 0.3) is 5.69 Å². The van der Waals surface area contributed by atoms with Gasteiger partial charge in [-0.15, -0.1) is 10.2 Å². The van der Waals surface area contributed by atoms with Crippen LogP contribution in [0.1, 0.15) is 28.1 Å². The summed E-state index contributed by atoms with van der Waals surface area (Å²) in [6.45, 7) is 6.21. The molecule has 4 rings (SSSR count). The van der Waals surface area contributed by atoms with Crippen molar-refractivity contribution in [2.45, 2.75) is 38.2 Å². The first-order chi connectivity index (χ1) is 16.4. The van der Waals surface area contributed by atoms with Crippen LogP contribution >= 0.6 is 11.8 Å². The smallest absolute Gasteiger partial charge is 0.319 e. The highest BCUT2D eigenvalue weighted by molar-refractivity contribution is 7.98. The number of carbonyl (C=O) groups excluding carboxylic acids is 1. The molecule has 0 atom stereocenters. The van der Waals surface area contributed by atoms with Crippen LogP contribution in [0, 0.1) is 26.6 Å². The second kappa shape index (κ2) is 10.5. The number of anilines is 1. The van der Waals surface area contributed by atoms with Crippen LogP contribution < -0.4 is 10.6 Å². The van der Waals surface area contributed by atoms with Gasteiger partial charge in [0.2, 0.25) is 0 Å². The second-order valence-electron chi connectivity index (χ2n) is 8.04. The van der Waals surface area contributed by atoms with E-state index in [9.17, 15) is 9.18 Å². The van der Waals surface area contributed by atoms with E-state index in [4.69, 9.17) is 0 Å². The summed E-state index contributed by atoms with van der Waals surface area (Å²) in [5.41, 5.74) is 5.94. The largest absolute Gasteiger partial charge is 0.331 e. The Morgan fingerprint density at radius 1 is 0.971 bits per heavy atom. The number of benzene rings is 3. The minimum atomic E-state index is -0.312. The lowest BCUT2D eigenvalue weighted by Crippen LogP contribution is -2.29. The molecule has 0 unspecified atom stereocenters. The average Bonchev–Trinajstić information content (AvgIpc) is 3.23. The predicted molar refractivity (Wildman–Crippen MR) is 134 cm³/mol. The van der Waals surface area contributed by atoms with E-state index in [-0.39, 0.29) is 18.4 Å². The third-order valence-corrected chi connectivity index (χ3v) is 6.53. The normalized spacial score (nSPS) is 10.8. The Morgan fingerprint density at radius 2 is 1.71 bits per heavy atom. The summed E-state index contributed by atoms with van der Waals surface area (Å²) in [6, 6.07) is 19.9. The molecule has 2 N–H and O–H groups in total. The molecule has 3 aromatic carbocycles. The highest BCUT2D eigenvalue weighted by Gasteiger charge is 2.16. The maximum Gasteiger partial charge on any atom is 0.319 e. The van der Waals surface area contributed by atoms with Gasteiger partial charge in [-0.05, 0) is 67.8 Å². The standard InChI is InChI=1S/C26H26FN5OS/c1-17-7-13-22(14-8-17)32-24(15-28-25(33)29-23-6-4-5-18(2)19(23)3)30-31-26(32)34-16-20-9-11-21(27)12-10-20/h4-14H,15-16H2,1-3H3,(H2,28,29,33). The molecule has 0 spiro atoms. The zero-order valence-electron chi connectivity index (χ0n) is 19.3. The molecule has 0 radical (unpaired) electrons. The number of rotatable bonds is 7. The van der Waals surface area contributed by atoms with Gasteiger partial charge < -0.3 is 10.6 Å². The Morgan fingerprint density at radius 3 is 2.44 bits per heavy atom. The molecule has 0 saturated carbocycles. The summed E-state index contributed by atoms with van der Waals surface area (Å²) in [6.07, 6.45) is 0. The molecule has 0 aliphatic rings. The van der Waals surface area contributed by atoms with Gasteiger partial charge in [0.05, 0.1) is 6.54 Å². The Kier molecular flexibility index (Phi) is 7.27. The summed E-state index contributed by atoms with van der Waals surface area (Å²) in [5, 5.41) is 15.2. The maximum absolute atomic E-state index is 13.2. The van der Waals surface area contributed by atoms with Crippen molar-refractivity contribution in [3.05, 3.63) is 101 Å². The SMILES string of the molecule is Cc1ccc(-n2c(CNC(=O)Nc3cccc(C)c3C)nnc2SCc2ccc(F)cc2)cc1. The maximum atomic E-state index is 13.2. The highest BCUT2D eigenvalue weighted by Crippen LogP contribution is 2.26. The van der Waals surface area contributed by atoms with E-state index in [2.05, 4.69) is 20.8 Å². The zero-order chi connectivity index (χ0) is 24.1. The summed E-state index contributed by atoms with van der Waals surface area (Å²) < 4.78 is 15.2. The molecular formula is C26H26FN5OS. The lowest BCUT2D eigenvalue weighted by molar-refractivity contribution is 0.251. The van der Waals surface area contributed by atoms with E-state index < -0.39 is 0 Å². The zero-order valence-corrected chi connectivity index (χ0v) is 20.1. The van der Waals surface area contributed by atoms with E-state index in [1.807, 2.05) is 67.8 Å². The second-order valence-corrected chi connectivity index (χ2v) is 8.98. The first-order valence-corrected chi connectivity index (χ1v) is 11.9. The Bertz CT molecular complexity index is 1290. The van der Waals surface area contributed by atoms with Crippen molar-refractivity contribution in [3.8, 4) is 5.69 Å². The number of thioether (sulfide) groups is 1. The van der Waals surface area contributed by atoms with Crippen molar-refractivity contribution in [2.24, 2.45) is 0 Å². The number of hydrogen-bond donors (Lipinski definition) is 2. The molecular weight excluding hydrogens is 449 g/mol. The number of nitrogens with one attached hydrogen (secondary N) is 2. The summed E-state index contributed by atoms with van der Waals surface area (Å²) in [7, 11) is 0. The van der Waals surface area contributed by atoms with E-state index in [1.54, 1.807) is 12.1 Å². The topological polar surface area (TPSA) is 71.8 Å². The summed E-state index contributed by atoms with van der Waals surface area (Å²) >= 11 is 1.50. The van der Waals surface area contributed by atoms with E-state index in [1.165, 1.54) is 23.9 Å². The van der Waals surface area contributed by atoms with Crippen LogP contribution in [0.15, 0.2) is 71.9 Å². The van der Waals surface area contributed by atoms with Crippen LogP contribution in [0.2, 0.25) is 0 Å². The van der Waals surface area contributed by atoms with E-state index in [0.717, 1.165) is 33.6 Å². The monoisotopic (exact) mass is 475 g/mol. The molecule has 34 heavy (non-hydrogen) atoms. The molecule has 6 nitrogen and oxygen atoms in total. The van der Waals surface area contributed by atoms with Crippen LogP contribution in [0.4, 0.5) is 14.9 Å². The van der Waals surface area contributed by atoms with Crippen molar-refractivity contribution in [2.75, 3.05) is 5.32 Å². The number of amides is 2. The molecule has 0 fully saturated rings. The number of halogens is 1. The molecule has 0 aliphatic heterocycles. The van der Waals surface area contributed by atoms with Gasteiger partial charge >= 0.3 is 6.03 Å². The van der Waals surface area contributed by atoms with Gasteiger partial charge in [0.15, 0.2) is 11.0 Å². The number of carbonyl (C=O) groups is 1. The first kappa shape index (κ1) is 23.5. The van der Waals surface area contributed by atoms with Crippen LogP contribution in [0.5, 0.6) is 0 Å². The van der Waals surface area contributed by atoms with Crippen LogP contribution in [-0.4, -0.2) is 20.8 Å². The molecule has 174 valence electrons. The number of urea groups is 1. The minimum absolute atomic E-state index is 0.203. The number of hydrogen-bond acceptors (Lipinski definition) is 4. The molecule has 1 heterocycles. The number of nitrogens with zero attached hydrogens (tertiary/aromatic N) is 3. The molecule has 0 saturated heterocycles.